The normalized spacial score (nSPS) is 17.8. The quantitative estimate of drug-likeness (QED) is 0.229. The SMILES string of the molecule is O=C(Cn1cc(C(F)(F)F)cc([N+](=O)[O-])c1=O)N1CCC(c2nc(C3=NOC(c4c(F)cccc4F)C3)cs2)CC1. The molecule has 2 aliphatic rings. The van der Waals surface area contributed by atoms with Gasteiger partial charge in [-0.25, -0.2) is 13.8 Å². The lowest BCUT2D eigenvalue weighted by atomic mass is 9.97. The number of piperidine rings is 1. The van der Waals surface area contributed by atoms with Crippen LogP contribution in [-0.4, -0.2) is 44.1 Å². The number of rotatable bonds is 6. The summed E-state index contributed by atoms with van der Waals surface area (Å²) in [7, 11) is 0. The predicted molar refractivity (Wildman–Crippen MR) is 134 cm³/mol. The molecule has 0 N–H and O–H groups in total. The molecule has 41 heavy (non-hydrogen) atoms. The van der Waals surface area contributed by atoms with E-state index in [-0.39, 0.29) is 37.1 Å². The van der Waals surface area contributed by atoms with E-state index in [2.05, 4.69) is 10.1 Å². The Labute approximate surface area is 231 Å². The number of carbonyl (C=O) groups excluding carboxylic acids is 1. The number of carbonyl (C=O) groups is 1. The monoisotopic (exact) mass is 597 g/mol. The van der Waals surface area contributed by atoms with E-state index in [0.29, 0.717) is 35.0 Å². The summed E-state index contributed by atoms with van der Waals surface area (Å²) in [5.41, 5.74) is -3.24. The number of hydrogen-bond acceptors (Lipinski definition) is 8. The first-order valence-corrected chi connectivity index (χ1v) is 13.2. The van der Waals surface area contributed by atoms with E-state index in [1.165, 1.54) is 22.3 Å². The van der Waals surface area contributed by atoms with Gasteiger partial charge in [0.2, 0.25) is 5.91 Å². The van der Waals surface area contributed by atoms with Crippen molar-refractivity contribution in [3.8, 4) is 0 Å². The molecule has 4 heterocycles. The Bertz CT molecular complexity index is 1580. The highest BCUT2D eigenvalue weighted by molar-refractivity contribution is 7.10. The summed E-state index contributed by atoms with van der Waals surface area (Å²) >= 11 is 1.35. The summed E-state index contributed by atoms with van der Waals surface area (Å²) in [6.07, 6.45) is -4.39. The first kappa shape index (κ1) is 28.3. The molecule has 2 aromatic heterocycles. The van der Waals surface area contributed by atoms with E-state index in [9.17, 15) is 41.7 Å². The fourth-order valence-corrected chi connectivity index (χ4v) is 5.75. The van der Waals surface area contributed by atoms with Gasteiger partial charge in [0.25, 0.3) is 0 Å². The van der Waals surface area contributed by atoms with E-state index in [1.807, 2.05) is 0 Å². The van der Waals surface area contributed by atoms with Gasteiger partial charge in [0, 0.05) is 43.1 Å². The van der Waals surface area contributed by atoms with Crippen LogP contribution >= 0.6 is 11.3 Å². The Morgan fingerprint density at radius 2 is 1.88 bits per heavy atom. The minimum atomic E-state index is -4.95. The Kier molecular flexibility index (Phi) is 7.59. The van der Waals surface area contributed by atoms with Gasteiger partial charge in [0.05, 0.1) is 26.8 Å². The van der Waals surface area contributed by atoms with Gasteiger partial charge in [-0.15, -0.1) is 11.3 Å². The molecule has 16 heteroatoms. The predicted octanol–water partition coefficient (Wildman–Crippen LogP) is 4.78. The molecule has 3 aromatic rings. The van der Waals surface area contributed by atoms with Crippen molar-refractivity contribution in [1.82, 2.24) is 14.5 Å². The Hall–Kier alpha value is -4.21. The zero-order valence-corrected chi connectivity index (χ0v) is 21.8. The molecule has 0 spiro atoms. The number of hydrogen-bond donors (Lipinski definition) is 0. The van der Waals surface area contributed by atoms with Crippen molar-refractivity contribution in [2.75, 3.05) is 13.1 Å². The fourth-order valence-electron chi connectivity index (χ4n) is 4.75. The third-order valence-electron chi connectivity index (χ3n) is 6.90. The van der Waals surface area contributed by atoms with E-state index in [1.54, 1.807) is 5.38 Å². The second-order valence-corrected chi connectivity index (χ2v) is 10.4. The lowest BCUT2D eigenvalue weighted by Crippen LogP contribution is -2.41. The summed E-state index contributed by atoms with van der Waals surface area (Å²) in [4.78, 5) is 46.2. The second-order valence-electron chi connectivity index (χ2n) is 9.50. The lowest BCUT2D eigenvalue weighted by molar-refractivity contribution is -0.386. The van der Waals surface area contributed by atoms with E-state index in [4.69, 9.17) is 4.84 Å². The summed E-state index contributed by atoms with van der Waals surface area (Å²) in [5.74, 6) is -2.16. The third kappa shape index (κ3) is 5.82. The van der Waals surface area contributed by atoms with Gasteiger partial charge in [-0.3, -0.25) is 24.3 Å². The van der Waals surface area contributed by atoms with Crippen LogP contribution in [0.25, 0.3) is 0 Å². The molecule has 1 aromatic carbocycles. The molecular formula is C25H20F5N5O5S. The molecule has 1 saturated heterocycles. The fraction of sp³-hybridized carbons (Fsp3) is 0.360. The zero-order valence-electron chi connectivity index (χ0n) is 20.9. The van der Waals surface area contributed by atoms with Crippen LogP contribution in [0, 0.1) is 21.7 Å². The molecule has 10 nitrogen and oxygen atoms in total. The highest BCUT2D eigenvalue weighted by Gasteiger charge is 2.35. The summed E-state index contributed by atoms with van der Waals surface area (Å²) in [6.45, 7) is -0.320. The maximum Gasteiger partial charge on any atom is 0.418 e. The summed E-state index contributed by atoms with van der Waals surface area (Å²) < 4.78 is 68.2. The standard InChI is InChI=1S/C25H20F5N5O5S/c26-15-2-1-3-16(27)22(15)20-9-17(32-40-20)18-12-41-23(31-18)13-4-6-33(7-5-13)21(36)11-34-10-14(25(28,29)30)8-19(24(34)37)35(38)39/h1-3,8,10,12-13,20H,4-7,9,11H2. The molecule has 2 aliphatic heterocycles. The molecular weight excluding hydrogens is 577 g/mol. The molecule has 0 radical (unpaired) electrons. The van der Waals surface area contributed by atoms with E-state index >= 15 is 0 Å². The van der Waals surface area contributed by atoms with Gasteiger partial charge < -0.3 is 9.74 Å². The van der Waals surface area contributed by atoms with Crippen LogP contribution in [-0.2, 0) is 22.4 Å². The topological polar surface area (TPSA) is 120 Å². The number of amides is 1. The number of nitro groups is 1. The van der Waals surface area contributed by atoms with Gasteiger partial charge in [0.1, 0.15) is 23.9 Å². The van der Waals surface area contributed by atoms with Gasteiger partial charge in [-0.2, -0.15) is 13.2 Å². The van der Waals surface area contributed by atoms with Crippen molar-refractivity contribution < 1.29 is 36.5 Å². The number of thiazole rings is 1. The molecule has 0 bridgehead atoms. The first-order valence-electron chi connectivity index (χ1n) is 12.3. The third-order valence-corrected chi connectivity index (χ3v) is 7.91. The lowest BCUT2D eigenvalue weighted by Gasteiger charge is -2.31. The van der Waals surface area contributed by atoms with Crippen molar-refractivity contribution >= 4 is 28.6 Å². The number of halogens is 5. The number of oxime groups is 1. The Morgan fingerprint density at radius 1 is 1.20 bits per heavy atom. The number of nitrogens with zero attached hydrogens (tertiary/aromatic N) is 5. The van der Waals surface area contributed by atoms with Crippen molar-refractivity contribution in [3.63, 3.8) is 0 Å². The van der Waals surface area contributed by atoms with Crippen LogP contribution in [0.3, 0.4) is 0 Å². The molecule has 1 atom stereocenters. The smallest absolute Gasteiger partial charge is 0.387 e. The molecule has 1 amide bonds. The van der Waals surface area contributed by atoms with Crippen LogP contribution in [0.5, 0.6) is 0 Å². The maximum atomic E-state index is 14.1. The molecule has 0 saturated carbocycles. The molecule has 216 valence electrons. The highest BCUT2D eigenvalue weighted by atomic mass is 32.1. The maximum absolute atomic E-state index is 14.1. The van der Waals surface area contributed by atoms with Crippen molar-refractivity contribution in [2.24, 2.45) is 5.16 Å². The Balaban J connectivity index is 1.21. The number of likely N-dealkylation sites (tertiary alicyclic amines) is 1. The largest absolute Gasteiger partial charge is 0.418 e. The number of benzene rings is 1. The summed E-state index contributed by atoms with van der Waals surface area (Å²) in [5, 5.41) is 17.5. The Morgan fingerprint density at radius 3 is 2.51 bits per heavy atom. The first-order chi connectivity index (χ1) is 19.4. The van der Waals surface area contributed by atoms with Crippen LogP contribution in [0.4, 0.5) is 27.6 Å². The molecule has 1 unspecified atom stereocenters. The van der Waals surface area contributed by atoms with Gasteiger partial charge in [-0.05, 0) is 25.0 Å². The van der Waals surface area contributed by atoms with Crippen molar-refractivity contribution in [3.05, 3.63) is 89.8 Å². The van der Waals surface area contributed by atoms with E-state index < -0.39 is 58.1 Å². The minimum absolute atomic E-state index is 0.0436. The van der Waals surface area contributed by atoms with Crippen molar-refractivity contribution in [2.45, 2.75) is 44.0 Å². The van der Waals surface area contributed by atoms with E-state index in [0.717, 1.165) is 17.1 Å². The van der Waals surface area contributed by atoms with Gasteiger partial charge >= 0.3 is 17.4 Å². The second kappa shape index (κ2) is 11.0. The molecule has 0 aliphatic carbocycles. The van der Waals surface area contributed by atoms with Crippen molar-refractivity contribution in [1.29, 1.82) is 0 Å². The van der Waals surface area contributed by atoms with Gasteiger partial charge in [-0.1, -0.05) is 11.2 Å². The number of alkyl halides is 3. The van der Waals surface area contributed by atoms with Crippen LogP contribution in [0.1, 0.15) is 53.1 Å². The molecule has 5 rings (SSSR count). The average Bonchev–Trinajstić information content (AvgIpc) is 3.59. The van der Waals surface area contributed by atoms with Crippen LogP contribution in [0.15, 0.2) is 45.8 Å². The highest BCUT2D eigenvalue weighted by Crippen LogP contribution is 2.35. The molecule has 1 fully saturated rings. The zero-order chi connectivity index (χ0) is 29.5. The summed E-state index contributed by atoms with van der Waals surface area (Å²) in [6, 6.07) is 3.69. The minimum Gasteiger partial charge on any atom is -0.387 e. The van der Waals surface area contributed by atoms with Gasteiger partial charge in [0.15, 0.2) is 6.10 Å². The number of aromatic nitrogens is 2. The van der Waals surface area contributed by atoms with Crippen LogP contribution < -0.4 is 5.56 Å². The average molecular weight is 598 g/mol. The van der Waals surface area contributed by atoms with Crippen LogP contribution in [0.2, 0.25) is 0 Å². The number of pyridine rings is 1.